The molecular weight excluding hydrogens is 262 g/mol. The van der Waals surface area contributed by atoms with Crippen LogP contribution in [0.15, 0.2) is 53.3 Å². The highest BCUT2D eigenvalue weighted by molar-refractivity contribution is 5.85. The lowest BCUT2D eigenvalue weighted by atomic mass is 10.0. The highest BCUT2D eigenvalue weighted by atomic mass is 16.5. The maximum atomic E-state index is 12.7. The highest BCUT2D eigenvalue weighted by Crippen LogP contribution is 2.23. The molecule has 1 N–H and O–H groups in total. The fourth-order valence-electron chi connectivity index (χ4n) is 2.90. The van der Waals surface area contributed by atoms with Gasteiger partial charge in [0.05, 0.1) is 13.2 Å². The summed E-state index contributed by atoms with van der Waals surface area (Å²) in [5, 5.41) is 0.737. The van der Waals surface area contributed by atoms with Gasteiger partial charge in [0.15, 0.2) is 5.43 Å². The zero-order chi connectivity index (χ0) is 14.2. The summed E-state index contributed by atoms with van der Waals surface area (Å²) in [6, 6.07) is 16.1. The van der Waals surface area contributed by atoms with Gasteiger partial charge in [-0.1, -0.05) is 36.4 Å². The first-order chi connectivity index (χ1) is 10.3. The third-order valence-electron chi connectivity index (χ3n) is 4.04. The van der Waals surface area contributed by atoms with Gasteiger partial charge in [0, 0.05) is 28.6 Å². The number of nitrogens with one attached hydrogen (secondary N) is 1. The van der Waals surface area contributed by atoms with Gasteiger partial charge in [-0.25, -0.2) is 0 Å². The first kappa shape index (κ1) is 12.4. The van der Waals surface area contributed by atoms with E-state index in [0.29, 0.717) is 13.2 Å². The van der Waals surface area contributed by atoms with Crippen LogP contribution >= 0.6 is 0 Å². The molecule has 2 aromatic carbocycles. The molecule has 0 atom stereocenters. The first-order valence-electron chi connectivity index (χ1n) is 7.14. The van der Waals surface area contributed by atoms with Crippen molar-refractivity contribution in [2.24, 2.45) is 0 Å². The molecule has 0 saturated carbocycles. The summed E-state index contributed by atoms with van der Waals surface area (Å²) in [5.74, 6) is 0. The van der Waals surface area contributed by atoms with E-state index in [0.717, 1.165) is 39.7 Å². The molecule has 21 heavy (non-hydrogen) atoms. The molecule has 0 spiro atoms. The monoisotopic (exact) mass is 277 g/mol. The number of ether oxygens (including phenoxy) is 1. The Morgan fingerprint density at radius 3 is 2.71 bits per heavy atom. The second kappa shape index (κ2) is 4.86. The van der Waals surface area contributed by atoms with E-state index in [2.05, 4.69) is 23.2 Å². The van der Waals surface area contributed by atoms with Crippen LogP contribution in [-0.2, 0) is 17.8 Å². The van der Waals surface area contributed by atoms with Gasteiger partial charge < -0.3 is 9.72 Å². The summed E-state index contributed by atoms with van der Waals surface area (Å²) in [6.07, 6.45) is 0.779. The summed E-state index contributed by atoms with van der Waals surface area (Å²) in [6.45, 7) is 1.09. The van der Waals surface area contributed by atoms with E-state index in [4.69, 9.17) is 4.74 Å². The van der Waals surface area contributed by atoms with E-state index >= 15 is 0 Å². The molecule has 0 unspecified atom stereocenters. The lowest BCUT2D eigenvalue weighted by molar-refractivity contribution is 0.109. The molecule has 3 aromatic rings. The summed E-state index contributed by atoms with van der Waals surface area (Å²) in [7, 11) is 0. The Morgan fingerprint density at radius 1 is 1.00 bits per heavy atom. The van der Waals surface area contributed by atoms with Crippen LogP contribution in [0.3, 0.4) is 0 Å². The van der Waals surface area contributed by atoms with Crippen molar-refractivity contribution >= 4 is 10.9 Å². The van der Waals surface area contributed by atoms with Crippen LogP contribution in [0.5, 0.6) is 0 Å². The van der Waals surface area contributed by atoms with E-state index in [1.54, 1.807) is 0 Å². The molecule has 0 radical (unpaired) electrons. The van der Waals surface area contributed by atoms with Crippen LogP contribution in [0.4, 0.5) is 0 Å². The van der Waals surface area contributed by atoms with Gasteiger partial charge in [-0.15, -0.1) is 0 Å². The smallest absolute Gasteiger partial charge is 0.195 e. The molecule has 0 aliphatic carbocycles. The number of benzene rings is 2. The minimum absolute atomic E-state index is 0.0937. The van der Waals surface area contributed by atoms with E-state index in [9.17, 15) is 4.79 Å². The molecule has 1 aliphatic rings. The van der Waals surface area contributed by atoms with Crippen molar-refractivity contribution in [3.63, 3.8) is 0 Å². The van der Waals surface area contributed by atoms with Crippen LogP contribution in [0.2, 0.25) is 0 Å². The summed E-state index contributed by atoms with van der Waals surface area (Å²) in [4.78, 5) is 16.0. The average Bonchev–Trinajstić information content (AvgIpc) is 2.56. The molecule has 0 bridgehead atoms. The third kappa shape index (κ3) is 2.06. The molecular formula is C18H15NO2. The van der Waals surface area contributed by atoms with Crippen molar-refractivity contribution < 1.29 is 4.74 Å². The quantitative estimate of drug-likeness (QED) is 0.741. The minimum Gasteiger partial charge on any atom is -0.376 e. The first-order valence-corrected chi connectivity index (χ1v) is 7.14. The number of fused-ring (bicyclic) bond motifs is 2. The van der Waals surface area contributed by atoms with Crippen LogP contribution in [0.25, 0.3) is 22.0 Å². The van der Waals surface area contributed by atoms with Crippen LogP contribution in [0, 0.1) is 0 Å². The van der Waals surface area contributed by atoms with E-state index in [-0.39, 0.29) is 5.43 Å². The van der Waals surface area contributed by atoms with Gasteiger partial charge in [-0.2, -0.15) is 0 Å². The molecule has 4 rings (SSSR count). The van der Waals surface area contributed by atoms with Gasteiger partial charge >= 0.3 is 0 Å². The van der Waals surface area contributed by atoms with Crippen molar-refractivity contribution in [3.8, 4) is 11.1 Å². The zero-order valence-corrected chi connectivity index (χ0v) is 11.6. The number of rotatable bonds is 1. The van der Waals surface area contributed by atoms with E-state index < -0.39 is 0 Å². The second-order valence-corrected chi connectivity index (χ2v) is 5.34. The molecule has 104 valence electrons. The number of pyridine rings is 1. The minimum atomic E-state index is 0.0937. The van der Waals surface area contributed by atoms with Gasteiger partial charge in [-0.3, -0.25) is 4.79 Å². The maximum Gasteiger partial charge on any atom is 0.195 e. The summed E-state index contributed by atoms with van der Waals surface area (Å²) in [5.41, 5.74) is 4.97. The molecule has 1 aliphatic heterocycles. The highest BCUT2D eigenvalue weighted by Gasteiger charge is 2.16. The second-order valence-electron chi connectivity index (χ2n) is 5.34. The van der Waals surface area contributed by atoms with Crippen molar-refractivity contribution in [3.05, 3.63) is 70.0 Å². The van der Waals surface area contributed by atoms with Gasteiger partial charge in [-0.05, 0) is 23.3 Å². The fraction of sp³-hybridized carbons (Fsp3) is 0.167. The lowest BCUT2D eigenvalue weighted by Gasteiger charge is -2.16. The number of aromatic amines is 1. The normalized spacial score (nSPS) is 14.1. The molecule has 0 amide bonds. The van der Waals surface area contributed by atoms with Crippen molar-refractivity contribution in [1.82, 2.24) is 4.98 Å². The van der Waals surface area contributed by atoms with E-state index in [1.807, 2.05) is 30.3 Å². The number of aromatic nitrogens is 1. The molecule has 0 saturated heterocycles. The van der Waals surface area contributed by atoms with Crippen LogP contribution < -0.4 is 5.43 Å². The zero-order valence-electron chi connectivity index (χ0n) is 11.6. The Kier molecular flexibility index (Phi) is 2.86. The third-order valence-corrected chi connectivity index (χ3v) is 4.04. The van der Waals surface area contributed by atoms with Gasteiger partial charge in [0.1, 0.15) is 0 Å². The molecule has 0 fully saturated rings. The van der Waals surface area contributed by atoms with E-state index in [1.165, 1.54) is 0 Å². The maximum absolute atomic E-state index is 12.7. The predicted octanol–water partition coefficient (Wildman–Crippen LogP) is 3.27. The summed E-state index contributed by atoms with van der Waals surface area (Å²) < 4.78 is 5.42. The topological polar surface area (TPSA) is 42.1 Å². The predicted molar refractivity (Wildman–Crippen MR) is 83.4 cm³/mol. The Hall–Kier alpha value is -2.39. The molecule has 2 heterocycles. The van der Waals surface area contributed by atoms with Crippen LogP contribution in [-0.4, -0.2) is 11.6 Å². The molecule has 3 nitrogen and oxygen atoms in total. The summed E-state index contributed by atoms with van der Waals surface area (Å²) >= 11 is 0. The fourth-order valence-corrected chi connectivity index (χ4v) is 2.90. The Bertz CT molecular complexity index is 866. The van der Waals surface area contributed by atoms with Crippen molar-refractivity contribution in [2.75, 3.05) is 6.61 Å². The number of hydrogen-bond donors (Lipinski definition) is 1. The number of H-pyrrole nitrogens is 1. The molecule has 1 aromatic heterocycles. The Morgan fingerprint density at radius 2 is 1.86 bits per heavy atom. The standard InChI is InChI=1S/C18H15NO2/c20-18-14-10-13(12-4-2-1-3-5-12)6-7-16(14)19-17-8-9-21-11-15(17)18/h1-7,10H,8-9,11H2,(H,19,20). The van der Waals surface area contributed by atoms with Crippen molar-refractivity contribution in [2.45, 2.75) is 13.0 Å². The van der Waals surface area contributed by atoms with Crippen molar-refractivity contribution in [1.29, 1.82) is 0 Å². The van der Waals surface area contributed by atoms with Gasteiger partial charge in [0.2, 0.25) is 0 Å². The number of hydrogen-bond acceptors (Lipinski definition) is 2. The van der Waals surface area contributed by atoms with Crippen LogP contribution in [0.1, 0.15) is 11.3 Å². The Balaban J connectivity index is 1.96. The Labute approximate surface area is 122 Å². The average molecular weight is 277 g/mol. The molecule has 3 heteroatoms. The SMILES string of the molecule is O=c1c2c([nH]c3ccc(-c4ccccc4)cc13)CCOC2. The lowest BCUT2D eigenvalue weighted by Crippen LogP contribution is -2.21. The van der Waals surface area contributed by atoms with Gasteiger partial charge in [0.25, 0.3) is 0 Å². The largest absolute Gasteiger partial charge is 0.376 e.